The van der Waals surface area contributed by atoms with E-state index in [1.54, 1.807) is 0 Å². The molecule has 25 heteroatoms. The van der Waals surface area contributed by atoms with E-state index in [1.807, 2.05) is 0 Å². The van der Waals surface area contributed by atoms with Crippen molar-refractivity contribution < 1.29 is 111 Å². The number of ether oxygens (including phenoxy) is 1. The molecule has 0 radical (unpaired) electrons. The van der Waals surface area contributed by atoms with Crippen molar-refractivity contribution in [1.82, 2.24) is 0 Å². The number of carbonyl (C=O) groups is 1. The highest BCUT2D eigenvalue weighted by molar-refractivity contribution is 5.77. The van der Waals surface area contributed by atoms with Gasteiger partial charge in [0.05, 0.1) is 0 Å². The van der Waals surface area contributed by atoms with Gasteiger partial charge in [-0.15, -0.1) is 0 Å². The summed E-state index contributed by atoms with van der Waals surface area (Å²) in [6, 6.07) is 0. The van der Waals surface area contributed by atoms with Crippen LogP contribution in [0.15, 0.2) is 0 Å². The number of alkyl halides is 22. The van der Waals surface area contributed by atoms with Crippen molar-refractivity contribution in [2.24, 2.45) is 0 Å². The lowest BCUT2D eigenvalue weighted by Crippen LogP contribution is -2.72. The van der Waals surface area contributed by atoms with E-state index < -0.39 is 72.0 Å². The first-order valence-electron chi connectivity index (χ1n) is 7.59. The average Bonchev–Trinajstić information content (AvgIpc) is 2.65. The molecule has 37 heavy (non-hydrogen) atoms. The van der Waals surface area contributed by atoms with Crippen LogP contribution >= 0.6 is 0 Å². The maximum atomic E-state index is 13.2. The molecule has 1 N–H and O–H groups in total. The van der Waals surface area contributed by atoms with E-state index in [0.29, 0.717) is 0 Å². The fraction of sp³-hybridized carbons (Fsp3) is 0.917. The van der Waals surface area contributed by atoms with Gasteiger partial charge in [-0.05, 0) is 0 Å². The zero-order valence-corrected chi connectivity index (χ0v) is 15.7. The largest absolute Gasteiger partial charge is 0.477 e. The van der Waals surface area contributed by atoms with Gasteiger partial charge in [0.25, 0.3) is 0 Å². The molecular weight excluding hydrogens is 610 g/mol. The van der Waals surface area contributed by atoms with E-state index in [1.165, 1.54) is 0 Å². The van der Waals surface area contributed by atoms with Crippen LogP contribution in [0.3, 0.4) is 0 Å². The lowest BCUT2D eigenvalue weighted by atomic mass is 9.97. The Morgan fingerprint density at radius 1 is 0.486 bits per heavy atom. The van der Waals surface area contributed by atoms with Crippen molar-refractivity contribution >= 4 is 5.97 Å². The molecular formula is C12H2F22O3. The molecule has 0 heterocycles. The first-order valence-corrected chi connectivity index (χ1v) is 7.59. The fourth-order valence-electron chi connectivity index (χ4n) is 1.73. The molecule has 0 saturated heterocycles. The monoisotopic (exact) mass is 612 g/mol. The molecule has 0 spiro atoms. The third kappa shape index (κ3) is 4.46. The van der Waals surface area contributed by atoms with Crippen LogP contribution in [0, 0.1) is 0 Å². The van der Waals surface area contributed by atoms with Crippen LogP contribution in [-0.4, -0.2) is 77.1 Å². The molecule has 0 saturated carbocycles. The van der Waals surface area contributed by atoms with Crippen molar-refractivity contribution in [3.05, 3.63) is 0 Å². The minimum Gasteiger partial charge on any atom is -0.477 e. The van der Waals surface area contributed by atoms with E-state index in [0.717, 1.165) is 4.74 Å². The Kier molecular flexibility index (Phi) is 8.21. The molecule has 0 atom stereocenters. The van der Waals surface area contributed by atoms with E-state index >= 15 is 0 Å². The third-order valence-corrected chi connectivity index (χ3v) is 3.92. The minimum atomic E-state index is -8.82. The Bertz CT molecular complexity index is 859. The molecule has 0 aliphatic heterocycles. The smallest absolute Gasteiger partial charge is 0.430 e. The molecule has 0 rings (SSSR count). The Morgan fingerprint density at radius 3 is 1.00 bits per heavy atom. The summed E-state index contributed by atoms with van der Waals surface area (Å²) in [5.74, 6) is -71.5. The third-order valence-electron chi connectivity index (χ3n) is 3.92. The van der Waals surface area contributed by atoms with Crippen molar-refractivity contribution in [2.45, 2.75) is 66.0 Å². The van der Waals surface area contributed by atoms with Gasteiger partial charge in [0.15, 0.2) is 0 Å². The predicted octanol–water partition coefficient (Wildman–Crippen LogP) is 6.62. The molecule has 0 unspecified atom stereocenters. The quantitative estimate of drug-likeness (QED) is 0.252. The van der Waals surface area contributed by atoms with Gasteiger partial charge in [0, 0.05) is 0 Å². The number of hydrogen-bond donors (Lipinski definition) is 1. The molecule has 0 aromatic heterocycles. The van der Waals surface area contributed by atoms with Crippen LogP contribution in [0.5, 0.6) is 0 Å². The topological polar surface area (TPSA) is 46.5 Å². The number of hydrogen-bond acceptors (Lipinski definition) is 2. The second-order valence-electron chi connectivity index (χ2n) is 6.39. The normalized spacial score (nSPS) is 16.4. The first kappa shape index (κ1) is 34.9. The van der Waals surface area contributed by atoms with E-state index in [2.05, 4.69) is 0 Å². The summed E-state index contributed by atoms with van der Waals surface area (Å²) in [6.45, 7) is 0. The number of rotatable bonds is 12. The summed E-state index contributed by atoms with van der Waals surface area (Å²) < 4.78 is 285. The van der Waals surface area contributed by atoms with Crippen LogP contribution in [0.25, 0.3) is 0 Å². The number of aliphatic carboxylic acids is 1. The lowest BCUT2D eigenvalue weighted by Gasteiger charge is -2.41. The molecule has 0 aliphatic carbocycles. The van der Waals surface area contributed by atoms with Gasteiger partial charge >= 0.3 is 72.0 Å². The summed E-state index contributed by atoms with van der Waals surface area (Å²) in [7, 11) is 0. The van der Waals surface area contributed by atoms with Gasteiger partial charge in [-0.1, -0.05) is 0 Å². The van der Waals surface area contributed by atoms with Crippen molar-refractivity contribution in [2.75, 3.05) is 0 Å². The van der Waals surface area contributed by atoms with Gasteiger partial charge in [-0.3, -0.25) is 0 Å². The molecule has 0 amide bonds. The highest BCUT2D eigenvalue weighted by atomic mass is 19.4. The van der Waals surface area contributed by atoms with Gasteiger partial charge in [0.2, 0.25) is 0 Å². The Hall–Kier alpha value is -2.11. The molecule has 0 aromatic carbocycles. The number of carboxylic acids is 1. The summed E-state index contributed by atoms with van der Waals surface area (Å²) in [5, 5.41) is 7.66. The zero-order valence-electron chi connectivity index (χ0n) is 15.7. The van der Waals surface area contributed by atoms with Gasteiger partial charge in [0.1, 0.15) is 0 Å². The van der Waals surface area contributed by atoms with Crippen LogP contribution in [0.4, 0.5) is 96.6 Å². The van der Waals surface area contributed by atoms with Crippen LogP contribution in [-0.2, 0) is 9.53 Å². The number of halogens is 22. The van der Waals surface area contributed by atoms with Crippen LogP contribution in [0.1, 0.15) is 0 Å². The van der Waals surface area contributed by atoms with E-state index in [4.69, 9.17) is 5.11 Å². The minimum absolute atomic E-state index is 0.846. The summed E-state index contributed by atoms with van der Waals surface area (Å²) in [6.07, 6.45) is -23.3. The SMILES string of the molecule is O=C(O)C(F)(F)C(F)(F)C(F)(F)C(F)(F)C(F)(F)OC(F)(F)C(F)(F)C(F)(F)C(F)(F)C(F)(F)C(F)F. The first-order chi connectivity index (χ1) is 15.6. The second-order valence-corrected chi connectivity index (χ2v) is 6.39. The molecule has 0 fully saturated rings. The molecule has 3 nitrogen and oxygen atoms in total. The lowest BCUT2D eigenvalue weighted by molar-refractivity contribution is -0.522. The predicted molar refractivity (Wildman–Crippen MR) is 64.2 cm³/mol. The summed E-state index contributed by atoms with van der Waals surface area (Å²) >= 11 is 0. The van der Waals surface area contributed by atoms with Gasteiger partial charge < -0.3 is 5.11 Å². The summed E-state index contributed by atoms with van der Waals surface area (Å²) in [5.41, 5.74) is 0. The van der Waals surface area contributed by atoms with Crippen LogP contribution < -0.4 is 0 Å². The van der Waals surface area contributed by atoms with Gasteiger partial charge in [-0.25, -0.2) is 18.3 Å². The summed E-state index contributed by atoms with van der Waals surface area (Å²) in [4.78, 5) is 9.87. The molecule has 0 aromatic rings. The highest BCUT2D eigenvalue weighted by Gasteiger charge is 2.93. The van der Waals surface area contributed by atoms with Crippen molar-refractivity contribution in [1.29, 1.82) is 0 Å². The standard InChI is InChI=1S/C12H2F22O3/c13-1(14)3(15,16)5(19,20)7(23,24)9(27,28)11(31,32)37-12(33,34)10(29,30)8(25,26)6(21,22)4(17,18)2(35)36/h1H,(H,35,36). The highest BCUT2D eigenvalue weighted by Crippen LogP contribution is 2.62. The van der Waals surface area contributed by atoms with Crippen LogP contribution in [0.2, 0.25) is 0 Å². The fourth-order valence-corrected chi connectivity index (χ4v) is 1.73. The zero-order chi connectivity index (χ0) is 30.9. The Labute approximate surface area is 184 Å². The van der Waals surface area contributed by atoms with Crippen molar-refractivity contribution in [3.63, 3.8) is 0 Å². The average molecular weight is 612 g/mol. The molecule has 0 bridgehead atoms. The number of carboxylic acid groups (broad SMARTS) is 1. The van der Waals surface area contributed by atoms with E-state index in [-0.39, 0.29) is 0 Å². The maximum Gasteiger partial charge on any atom is 0.430 e. The molecule has 0 aliphatic rings. The van der Waals surface area contributed by atoms with E-state index in [9.17, 15) is 101 Å². The van der Waals surface area contributed by atoms with Gasteiger partial charge in [-0.2, -0.15) is 87.8 Å². The second kappa shape index (κ2) is 8.71. The Balaban J connectivity index is 6.79. The van der Waals surface area contributed by atoms with Crippen molar-refractivity contribution in [3.8, 4) is 0 Å². The molecule has 222 valence electrons. The maximum absolute atomic E-state index is 13.2. The Morgan fingerprint density at radius 2 is 0.757 bits per heavy atom.